The number of nitrogens with zero attached hydrogens (tertiary/aromatic N) is 2. The second kappa shape index (κ2) is 5.14. The minimum absolute atomic E-state index is 0.252. The number of pyridine rings is 1. The zero-order chi connectivity index (χ0) is 15.0. The highest BCUT2D eigenvalue weighted by Gasteiger charge is 2.14. The summed E-state index contributed by atoms with van der Waals surface area (Å²) in [6.07, 6.45) is 0. The summed E-state index contributed by atoms with van der Waals surface area (Å²) in [4.78, 5) is 20.1. The second-order valence-corrected chi connectivity index (χ2v) is 5.69. The molecule has 2 heterocycles. The predicted molar refractivity (Wildman–Crippen MR) is 83.6 cm³/mol. The van der Waals surface area contributed by atoms with Crippen LogP contribution in [0.4, 0.5) is 10.8 Å². The Morgan fingerprint density at radius 3 is 2.71 bits per heavy atom. The number of para-hydroxylation sites is 1. The van der Waals surface area contributed by atoms with Crippen LogP contribution in [0.15, 0.2) is 30.3 Å². The molecule has 0 radical (unpaired) electrons. The maximum Gasteiger partial charge on any atom is 0.347 e. The molecule has 0 saturated carbocycles. The smallest absolute Gasteiger partial charge is 0.347 e. The summed E-state index contributed by atoms with van der Waals surface area (Å²) < 4.78 is 0. The van der Waals surface area contributed by atoms with Crippen LogP contribution in [0.5, 0.6) is 0 Å². The molecule has 0 amide bonds. The maximum atomic E-state index is 11.1. The number of rotatable bonds is 3. The molecule has 3 aromatic rings. The number of nitrogens with one attached hydrogen (secondary N) is 1. The Bertz CT molecular complexity index is 842. The first-order valence-electron chi connectivity index (χ1n) is 6.39. The van der Waals surface area contributed by atoms with Crippen LogP contribution in [0.2, 0.25) is 0 Å². The van der Waals surface area contributed by atoms with Crippen molar-refractivity contribution in [3.63, 3.8) is 0 Å². The minimum atomic E-state index is -0.954. The van der Waals surface area contributed by atoms with Gasteiger partial charge in [0.05, 0.1) is 16.9 Å². The summed E-state index contributed by atoms with van der Waals surface area (Å²) in [6.45, 7) is 3.63. The van der Waals surface area contributed by atoms with E-state index in [1.54, 1.807) is 6.92 Å². The lowest BCUT2D eigenvalue weighted by atomic mass is 10.2. The van der Waals surface area contributed by atoms with Crippen LogP contribution in [-0.2, 0) is 0 Å². The Morgan fingerprint density at radius 1 is 1.19 bits per heavy atom. The number of carbonyl (C=O) groups is 1. The van der Waals surface area contributed by atoms with Gasteiger partial charge in [0.2, 0.25) is 0 Å². The summed E-state index contributed by atoms with van der Waals surface area (Å²) >= 11 is 1.13. The number of thiazole rings is 1. The van der Waals surface area contributed by atoms with Crippen molar-refractivity contribution < 1.29 is 9.90 Å². The second-order valence-electron chi connectivity index (χ2n) is 4.69. The number of hydrogen-bond donors (Lipinski definition) is 2. The highest BCUT2D eigenvalue weighted by atomic mass is 32.1. The average Bonchev–Trinajstić information content (AvgIpc) is 2.80. The lowest BCUT2D eigenvalue weighted by molar-refractivity contribution is 0.0701. The zero-order valence-electron chi connectivity index (χ0n) is 11.5. The number of aryl methyl sites for hydroxylation is 2. The van der Waals surface area contributed by atoms with Crippen LogP contribution < -0.4 is 5.32 Å². The molecule has 0 aliphatic carbocycles. The van der Waals surface area contributed by atoms with Crippen LogP contribution >= 0.6 is 11.3 Å². The van der Waals surface area contributed by atoms with E-state index in [4.69, 9.17) is 5.11 Å². The van der Waals surface area contributed by atoms with E-state index in [1.165, 1.54) is 0 Å². The lowest BCUT2D eigenvalue weighted by Crippen LogP contribution is -1.94. The van der Waals surface area contributed by atoms with E-state index in [0.29, 0.717) is 10.8 Å². The first-order chi connectivity index (χ1) is 10.0. The molecule has 0 atom stereocenters. The predicted octanol–water partition coefficient (Wildman–Crippen LogP) is 3.75. The van der Waals surface area contributed by atoms with Crippen molar-refractivity contribution in [1.82, 2.24) is 9.97 Å². The van der Waals surface area contributed by atoms with Crippen molar-refractivity contribution in [3.05, 3.63) is 46.6 Å². The summed E-state index contributed by atoms with van der Waals surface area (Å²) in [7, 11) is 0. The molecule has 0 bridgehead atoms. The summed E-state index contributed by atoms with van der Waals surface area (Å²) in [5, 5.41) is 13.8. The van der Waals surface area contributed by atoms with Crippen molar-refractivity contribution in [1.29, 1.82) is 0 Å². The van der Waals surface area contributed by atoms with Crippen LogP contribution in [0, 0.1) is 13.8 Å². The lowest BCUT2D eigenvalue weighted by Gasteiger charge is -2.07. The molecule has 5 nitrogen and oxygen atoms in total. The topological polar surface area (TPSA) is 75.1 Å². The van der Waals surface area contributed by atoms with E-state index in [9.17, 15) is 4.79 Å². The molecule has 0 saturated heterocycles. The Labute approximate surface area is 125 Å². The average molecular weight is 299 g/mol. The van der Waals surface area contributed by atoms with Gasteiger partial charge < -0.3 is 10.4 Å². The number of benzene rings is 1. The molecule has 3 rings (SSSR count). The Balaban J connectivity index is 2.04. The van der Waals surface area contributed by atoms with Crippen LogP contribution in [-0.4, -0.2) is 21.0 Å². The molecular weight excluding hydrogens is 286 g/mol. The summed E-state index contributed by atoms with van der Waals surface area (Å²) in [5.74, 6) is -0.954. The Morgan fingerprint density at radius 2 is 2.00 bits per heavy atom. The fourth-order valence-corrected chi connectivity index (χ4v) is 2.93. The van der Waals surface area contributed by atoms with E-state index < -0.39 is 5.97 Å². The molecule has 0 spiro atoms. The van der Waals surface area contributed by atoms with Gasteiger partial charge in [0.25, 0.3) is 0 Å². The zero-order valence-corrected chi connectivity index (χ0v) is 12.4. The SMILES string of the molecule is Cc1ccc2cccc(Nc3nc(C)c(C(=O)O)s3)c2n1. The number of anilines is 2. The number of carboxylic acid groups (broad SMARTS) is 1. The third-order valence-corrected chi connectivity index (χ3v) is 4.15. The van der Waals surface area contributed by atoms with Gasteiger partial charge in [0.15, 0.2) is 5.13 Å². The molecule has 2 N–H and O–H groups in total. The van der Waals surface area contributed by atoms with Crippen LogP contribution in [0.3, 0.4) is 0 Å². The van der Waals surface area contributed by atoms with E-state index in [0.717, 1.165) is 33.6 Å². The molecule has 6 heteroatoms. The van der Waals surface area contributed by atoms with Crippen LogP contribution in [0.1, 0.15) is 21.1 Å². The number of carboxylic acids is 1. The summed E-state index contributed by atoms with van der Waals surface area (Å²) in [5.41, 5.74) is 3.11. The van der Waals surface area contributed by atoms with Gasteiger partial charge in [-0.25, -0.2) is 9.78 Å². The van der Waals surface area contributed by atoms with Gasteiger partial charge in [-0.05, 0) is 26.0 Å². The first-order valence-corrected chi connectivity index (χ1v) is 7.20. The van der Waals surface area contributed by atoms with Gasteiger partial charge in [-0.15, -0.1) is 0 Å². The van der Waals surface area contributed by atoms with Crippen molar-refractivity contribution in [3.8, 4) is 0 Å². The molecule has 1 aromatic carbocycles. The number of aromatic carboxylic acids is 1. The third-order valence-electron chi connectivity index (χ3n) is 3.09. The molecule has 2 aromatic heterocycles. The molecule has 21 heavy (non-hydrogen) atoms. The van der Waals surface area contributed by atoms with Crippen molar-refractivity contribution in [2.75, 3.05) is 5.32 Å². The van der Waals surface area contributed by atoms with E-state index in [-0.39, 0.29) is 4.88 Å². The monoisotopic (exact) mass is 299 g/mol. The molecule has 0 aliphatic rings. The normalized spacial score (nSPS) is 10.8. The molecule has 106 valence electrons. The molecule has 0 aliphatic heterocycles. The Hall–Kier alpha value is -2.47. The summed E-state index contributed by atoms with van der Waals surface area (Å²) in [6, 6.07) is 9.80. The van der Waals surface area contributed by atoms with Gasteiger partial charge in [-0.2, -0.15) is 0 Å². The highest BCUT2D eigenvalue weighted by Crippen LogP contribution is 2.29. The first kappa shape index (κ1) is 13.5. The largest absolute Gasteiger partial charge is 0.477 e. The van der Waals surface area contributed by atoms with E-state index in [1.807, 2.05) is 37.3 Å². The molecule has 0 fully saturated rings. The standard InChI is InChI=1S/C15H13N3O2S/c1-8-6-7-10-4-3-5-11(12(10)16-8)18-15-17-9(2)13(21-15)14(19)20/h3-7H,1-2H3,(H,17,18)(H,19,20). The van der Waals surface area contributed by atoms with Gasteiger partial charge in [0, 0.05) is 11.1 Å². The van der Waals surface area contributed by atoms with Crippen LogP contribution in [0.25, 0.3) is 10.9 Å². The molecule has 0 unspecified atom stereocenters. The van der Waals surface area contributed by atoms with Crippen molar-refractivity contribution >= 4 is 39.0 Å². The van der Waals surface area contributed by atoms with Gasteiger partial charge in [0.1, 0.15) is 4.88 Å². The minimum Gasteiger partial charge on any atom is -0.477 e. The Kier molecular flexibility index (Phi) is 3.31. The van der Waals surface area contributed by atoms with Crippen molar-refractivity contribution in [2.24, 2.45) is 0 Å². The fraction of sp³-hybridized carbons (Fsp3) is 0.133. The molecular formula is C15H13N3O2S. The quantitative estimate of drug-likeness (QED) is 0.770. The fourth-order valence-electron chi connectivity index (χ4n) is 2.11. The maximum absolute atomic E-state index is 11.1. The number of aromatic nitrogens is 2. The van der Waals surface area contributed by atoms with Gasteiger partial charge in [-0.3, -0.25) is 4.98 Å². The van der Waals surface area contributed by atoms with Gasteiger partial charge in [-0.1, -0.05) is 29.5 Å². The number of hydrogen-bond acceptors (Lipinski definition) is 5. The highest BCUT2D eigenvalue weighted by molar-refractivity contribution is 7.17. The van der Waals surface area contributed by atoms with E-state index >= 15 is 0 Å². The van der Waals surface area contributed by atoms with E-state index in [2.05, 4.69) is 15.3 Å². The third kappa shape index (κ3) is 2.57. The number of fused-ring (bicyclic) bond motifs is 1. The van der Waals surface area contributed by atoms with Crippen molar-refractivity contribution in [2.45, 2.75) is 13.8 Å². The van der Waals surface area contributed by atoms with Gasteiger partial charge >= 0.3 is 5.97 Å².